The van der Waals surface area contributed by atoms with E-state index in [0.29, 0.717) is 10.2 Å². The van der Waals surface area contributed by atoms with E-state index in [1.807, 2.05) is 29.6 Å². The molecule has 4 rings (SSSR count). The third-order valence-electron chi connectivity index (χ3n) is 3.60. The number of hydrogen-bond acceptors (Lipinski definition) is 7. The summed E-state index contributed by atoms with van der Waals surface area (Å²) in [4.78, 5) is 5.94. The number of hydrogen-bond donors (Lipinski definition) is 0. The molecule has 5 nitrogen and oxygen atoms in total. The van der Waals surface area contributed by atoms with Crippen molar-refractivity contribution in [3.8, 4) is 16.3 Å². The Morgan fingerprint density at radius 2 is 1.96 bits per heavy atom. The molecule has 0 amide bonds. The second kappa shape index (κ2) is 6.87. The number of halogens is 1. The smallest absolute Gasteiger partial charge is 0.221 e. The molecule has 0 aliphatic rings. The molecule has 0 aliphatic heterocycles. The van der Waals surface area contributed by atoms with Gasteiger partial charge in [0.25, 0.3) is 0 Å². The second-order valence-electron chi connectivity index (χ2n) is 5.30. The van der Waals surface area contributed by atoms with Gasteiger partial charge in [-0.1, -0.05) is 23.7 Å². The molecule has 3 heterocycles. The summed E-state index contributed by atoms with van der Waals surface area (Å²) in [6, 6.07) is 9.76. The lowest BCUT2D eigenvalue weighted by atomic mass is 10.2. The Hall–Kier alpha value is -1.74. The van der Waals surface area contributed by atoms with Gasteiger partial charge in [-0.2, -0.15) is 4.68 Å². The minimum atomic E-state index is 0.707. The topological polar surface area (TPSA) is 56.5 Å². The molecular formula is C16H12ClN5S3. The minimum absolute atomic E-state index is 0.707. The van der Waals surface area contributed by atoms with Crippen molar-refractivity contribution in [3.63, 3.8) is 0 Å². The molecule has 0 aliphatic carbocycles. The first-order valence-electron chi connectivity index (χ1n) is 7.35. The van der Waals surface area contributed by atoms with Gasteiger partial charge in [-0.05, 0) is 59.8 Å². The van der Waals surface area contributed by atoms with Crippen molar-refractivity contribution in [1.29, 1.82) is 0 Å². The van der Waals surface area contributed by atoms with Crippen molar-refractivity contribution in [2.24, 2.45) is 0 Å². The van der Waals surface area contributed by atoms with Crippen LogP contribution < -0.4 is 0 Å². The molecule has 4 aromatic rings. The molecule has 0 fully saturated rings. The average molecular weight is 406 g/mol. The van der Waals surface area contributed by atoms with Crippen LogP contribution >= 0.6 is 46.0 Å². The first kappa shape index (κ1) is 16.7. The molecule has 0 saturated heterocycles. The van der Waals surface area contributed by atoms with E-state index in [9.17, 15) is 0 Å². The van der Waals surface area contributed by atoms with Gasteiger partial charge in [0.15, 0.2) is 4.34 Å². The highest BCUT2D eigenvalue weighted by atomic mass is 35.5. The van der Waals surface area contributed by atoms with Crippen molar-refractivity contribution >= 4 is 46.0 Å². The van der Waals surface area contributed by atoms with E-state index in [2.05, 4.69) is 40.4 Å². The standard InChI is InChI=1S/C16H12ClN5S3/c1-9-7-14(24-10(9)2)22-15(19-20-21-22)25-16-18-13(8-23-16)11-3-5-12(17)6-4-11/h3-8H,1-2H3. The fraction of sp³-hybridized carbons (Fsp3) is 0.125. The summed E-state index contributed by atoms with van der Waals surface area (Å²) in [6.45, 7) is 4.19. The van der Waals surface area contributed by atoms with Gasteiger partial charge in [0, 0.05) is 20.8 Å². The van der Waals surface area contributed by atoms with Crippen LogP contribution in [0.2, 0.25) is 5.02 Å². The molecule has 0 atom stereocenters. The van der Waals surface area contributed by atoms with Crippen LogP contribution in [0.1, 0.15) is 10.4 Å². The van der Waals surface area contributed by atoms with Crippen LogP contribution in [-0.2, 0) is 0 Å². The zero-order valence-corrected chi connectivity index (χ0v) is 16.5. The predicted octanol–water partition coefficient (Wildman–Crippen LogP) is 5.27. The summed E-state index contributed by atoms with van der Waals surface area (Å²) in [5.74, 6) is 0. The van der Waals surface area contributed by atoms with E-state index < -0.39 is 0 Å². The lowest BCUT2D eigenvalue weighted by Crippen LogP contribution is -1.95. The molecule has 0 spiro atoms. The molecule has 126 valence electrons. The largest absolute Gasteiger partial charge is 0.229 e. The van der Waals surface area contributed by atoms with E-state index in [4.69, 9.17) is 11.6 Å². The Balaban J connectivity index is 1.60. The van der Waals surface area contributed by atoms with Gasteiger partial charge >= 0.3 is 0 Å². The maximum atomic E-state index is 5.94. The summed E-state index contributed by atoms with van der Waals surface area (Å²) in [5.41, 5.74) is 3.20. The van der Waals surface area contributed by atoms with Crippen LogP contribution in [0.3, 0.4) is 0 Å². The highest BCUT2D eigenvalue weighted by Gasteiger charge is 2.15. The first-order valence-corrected chi connectivity index (χ1v) is 10.2. The lowest BCUT2D eigenvalue weighted by molar-refractivity contribution is 0.767. The van der Waals surface area contributed by atoms with E-state index in [1.54, 1.807) is 27.4 Å². The van der Waals surface area contributed by atoms with E-state index in [0.717, 1.165) is 20.6 Å². The molecule has 9 heteroatoms. The SMILES string of the molecule is Cc1cc(-n2nnnc2Sc2nc(-c3ccc(Cl)cc3)cs2)sc1C. The number of tetrazole rings is 1. The van der Waals surface area contributed by atoms with Crippen molar-refractivity contribution in [2.75, 3.05) is 0 Å². The molecule has 0 unspecified atom stereocenters. The fourth-order valence-corrected chi connectivity index (χ4v) is 5.05. The molecule has 0 saturated carbocycles. The highest BCUT2D eigenvalue weighted by molar-refractivity contribution is 8.00. The Labute approximate surface area is 161 Å². The van der Waals surface area contributed by atoms with Crippen LogP contribution in [0, 0.1) is 13.8 Å². The minimum Gasteiger partial charge on any atom is -0.229 e. The monoisotopic (exact) mass is 405 g/mol. The number of nitrogens with zero attached hydrogens (tertiary/aromatic N) is 5. The van der Waals surface area contributed by atoms with Gasteiger partial charge in [0.1, 0.15) is 5.00 Å². The van der Waals surface area contributed by atoms with Gasteiger partial charge in [-0.15, -0.1) is 27.8 Å². The number of aryl methyl sites for hydroxylation is 2. The Morgan fingerprint density at radius 1 is 1.16 bits per heavy atom. The second-order valence-corrected chi connectivity index (χ2v) is 9.05. The third kappa shape index (κ3) is 3.48. The maximum Gasteiger partial charge on any atom is 0.221 e. The highest BCUT2D eigenvalue weighted by Crippen LogP contribution is 2.34. The van der Waals surface area contributed by atoms with Crippen LogP contribution in [0.4, 0.5) is 0 Å². The zero-order valence-electron chi connectivity index (χ0n) is 13.3. The Kier molecular flexibility index (Phi) is 4.60. The van der Waals surface area contributed by atoms with E-state index >= 15 is 0 Å². The van der Waals surface area contributed by atoms with Crippen LogP contribution in [-0.4, -0.2) is 25.2 Å². The van der Waals surface area contributed by atoms with Gasteiger partial charge in [-0.3, -0.25) is 0 Å². The van der Waals surface area contributed by atoms with Gasteiger partial charge in [-0.25, -0.2) is 4.98 Å². The molecular weight excluding hydrogens is 394 g/mol. The molecule has 1 aromatic carbocycles. The molecule has 3 aromatic heterocycles. The van der Waals surface area contributed by atoms with Crippen LogP contribution in [0.25, 0.3) is 16.3 Å². The third-order valence-corrected chi connectivity index (χ3v) is 6.86. The van der Waals surface area contributed by atoms with E-state index in [1.165, 1.54) is 22.2 Å². The summed E-state index contributed by atoms with van der Waals surface area (Å²) in [6.07, 6.45) is 0. The quantitative estimate of drug-likeness (QED) is 0.463. The number of aromatic nitrogens is 5. The number of benzene rings is 1. The van der Waals surface area contributed by atoms with Gasteiger partial charge in [0.05, 0.1) is 5.69 Å². The van der Waals surface area contributed by atoms with Crippen molar-refractivity contribution in [2.45, 2.75) is 23.3 Å². The average Bonchev–Trinajstić information content (AvgIpc) is 3.31. The predicted molar refractivity (Wildman–Crippen MR) is 103 cm³/mol. The summed E-state index contributed by atoms with van der Waals surface area (Å²) in [7, 11) is 0. The van der Waals surface area contributed by atoms with Gasteiger partial charge < -0.3 is 0 Å². The van der Waals surface area contributed by atoms with Crippen LogP contribution in [0.15, 0.2) is 45.2 Å². The maximum absolute atomic E-state index is 5.94. The Bertz CT molecular complexity index is 999. The normalized spacial score (nSPS) is 11.2. The summed E-state index contributed by atoms with van der Waals surface area (Å²) >= 11 is 10.7. The molecule has 0 bridgehead atoms. The fourth-order valence-electron chi connectivity index (χ4n) is 2.17. The van der Waals surface area contributed by atoms with Crippen molar-refractivity contribution < 1.29 is 0 Å². The van der Waals surface area contributed by atoms with Gasteiger partial charge in [0.2, 0.25) is 5.16 Å². The summed E-state index contributed by atoms with van der Waals surface area (Å²) in [5, 5.41) is 16.5. The first-order chi connectivity index (χ1) is 12.1. The molecule has 0 radical (unpaired) electrons. The van der Waals surface area contributed by atoms with Crippen molar-refractivity contribution in [1.82, 2.24) is 25.2 Å². The lowest BCUT2D eigenvalue weighted by Gasteiger charge is -1.99. The molecule has 0 N–H and O–H groups in total. The summed E-state index contributed by atoms with van der Waals surface area (Å²) < 4.78 is 2.66. The number of thiophene rings is 1. The van der Waals surface area contributed by atoms with Crippen LogP contribution in [0.5, 0.6) is 0 Å². The Morgan fingerprint density at radius 3 is 2.68 bits per heavy atom. The van der Waals surface area contributed by atoms with E-state index in [-0.39, 0.29) is 0 Å². The molecule has 25 heavy (non-hydrogen) atoms. The van der Waals surface area contributed by atoms with Crippen molar-refractivity contribution in [3.05, 3.63) is 51.2 Å². The number of thiazole rings is 1. The number of rotatable bonds is 4. The zero-order chi connectivity index (χ0) is 17.4.